The van der Waals surface area contributed by atoms with Gasteiger partial charge in [0.15, 0.2) is 0 Å². The van der Waals surface area contributed by atoms with Crippen molar-refractivity contribution in [2.45, 2.75) is 13.0 Å². The molecule has 66 valence electrons. The SMILES string of the molecule is NCc1cc(Br)ccc1C(F)F. The van der Waals surface area contributed by atoms with Crippen LogP contribution in [0.3, 0.4) is 0 Å². The van der Waals surface area contributed by atoms with Gasteiger partial charge in [-0.2, -0.15) is 0 Å². The van der Waals surface area contributed by atoms with Crippen molar-refractivity contribution in [3.8, 4) is 0 Å². The molecule has 0 saturated carbocycles. The van der Waals surface area contributed by atoms with E-state index in [0.29, 0.717) is 5.56 Å². The molecule has 0 heterocycles. The van der Waals surface area contributed by atoms with E-state index in [-0.39, 0.29) is 12.1 Å². The number of rotatable bonds is 2. The van der Waals surface area contributed by atoms with Crippen molar-refractivity contribution in [2.75, 3.05) is 0 Å². The van der Waals surface area contributed by atoms with Crippen LogP contribution in [0.5, 0.6) is 0 Å². The zero-order valence-corrected chi connectivity index (χ0v) is 7.81. The molecule has 0 aliphatic carbocycles. The van der Waals surface area contributed by atoms with Gasteiger partial charge in [-0.25, -0.2) is 8.78 Å². The molecule has 12 heavy (non-hydrogen) atoms. The Morgan fingerprint density at radius 2 is 2.08 bits per heavy atom. The molecule has 0 radical (unpaired) electrons. The van der Waals surface area contributed by atoms with Crippen LogP contribution >= 0.6 is 15.9 Å². The van der Waals surface area contributed by atoms with Gasteiger partial charge in [-0.15, -0.1) is 0 Å². The molecule has 0 amide bonds. The number of hydrogen-bond donors (Lipinski definition) is 1. The summed E-state index contributed by atoms with van der Waals surface area (Å²) in [6, 6.07) is 4.58. The minimum Gasteiger partial charge on any atom is -0.326 e. The van der Waals surface area contributed by atoms with E-state index in [1.165, 1.54) is 6.07 Å². The standard InChI is InChI=1S/C8H8BrF2N/c9-6-1-2-7(8(10)11)5(3-6)4-12/h1-3,8H,4,12H2. The first-order chi connectivity index (χ1) is 5.65. The highest BCUT2D eigenvalue weighted by Crippen LogP contribution is 2.25. The van der Waals surface area contributed by atoms with Crippen LogP contribution in [0.15, 0.2) is 22.7 Å². The maximum Gasteiger partial charge on any atom is 0.264 e. The average Bonchev–Trinajstić information content (AvgIpc) is 2.03. The fourth-order valence-corrected chi connectivity index (χ4v) is 1.37. The molecule has 2 N–H and O–H groups in total. The van der Waals surface area contributed by atoms with Crippen LogP contribution in [-0.2, 0) is 6.54 Å². The third kappa shape index (κ3) is 2.01. The molecule has 0 bridgehead atoms. The summed E-state index contributed by atoms with van der Waals surface area (Å²) < 4.78 is 25.3. The first-order valence-electron chi connectivity index (χ1n) is 3.41. The third-order valence-corrected chi connectivity index (χ3v) is 2.05. The average molecular weight is 236 g/mol. The Hall–Kier alpha value is -0.480. The molecule has 0 aromatic heterocycles. The molecule has 0 fully saturated rings. The molecule has 1 rings (SSSR count). The highest BCUT2D eigenvalue weighted by Gasteiger charge is 2.11. The predicted molar refractivity (Wildman–Crippen MR) is 47.0 cm³/mol. The van der Waals surface area contributed by atoms with E-state index in [1.54, 1.807) is 12.1 Å². The van der Waals surface area contributed by atoms with Crippen molar-refractivity contribution in [3.05, 3.63) is 33.8 Å². The molecule has 1 nitrogen and oxygen atoms in total. The van der Waals surface area contributed by atoms with Crippen molar-refractivity contribution >= 4 is 15.9 Å². The van der Waals surface area contributed by atoms with Crippen LogP contribution in [-0.4, -0.2) is 0 Å². The van der Waals surface area contributed by atoms with E-state index >= 15 is 0 Å². The third-order valence-electron chi connectivity index (χ3n) is 1.56. The first kappa shape index (κ1) is 9.61. The minimum atomic E-state index is -2.45. The Balaban J connectivity index is 3.11. The van der Waals surface area contributed by atoms with Gasteiger partial charge in [0, 0.05) is 16.6 Å². The number of nitrogens with two attached hydrogens (primary N) is 1. The summed E-state index contributed by atoms with van der Waals surface area (Å²) >= 11 is 3.19. The van der Waals surface area contributed by atoms with Gasteiger partial charge in [0.2, 0.25) is 0 Å². The molecule has 1 aromatic rings. The number of benzene rings is 1. The second kappa shape index (κ2) is 3.96. The summed E-state index contributed by atoms with van der Waals surface area (Å²) in [7, 11) is 0. The smallest absolute Gasteiger partial charge is 0.264 e. The number of halogens is 3. The van der Waals surface area contributed by atoms with Gasteiger partial charge >= 0.3 is 0 Å². The summed E-state index contributed by atoms with van der Waals surface area (Å²) in [6.07, 6.45) is -2.45. The Labute approximate surface area is 77.7 Å². The van der Waals surface area contributed by atoms with Crippen molar-refractivity contribution in [1.82, 2.24) is 0 Å². The molecule has 1 aromatic carbocycles. The van der Waals surface area contributed by atoms with Crippen molar-refractivity contribution in [1.29, 1.82) is 0 Å². The number of alkyl halides is 2. The van der Waals surface area contributed by atoms with Crippen LogP contribution in [0.25, 0.3) is 0 Å². The molecule has 0 saturated heterocycles. The van der Waals surface area contributed by atoms with E-state index in [4.69, 9.17) is 5.73 Å². The van der Waals surface area contributed by atoms with Crippen molar-refractivity contribution in [2.24, 2.45) is 5.73 Å². The lowest BCUT2D eigenvalue weighted by Gasteiger charge is -2.06. The number of hydrogen-bond acceptors (Lipinski definition) is 1. The van der Waals surface area contributed by atoms with E-state index in [9.17, 15) is 8.78 Å². The van der Waals surface area contributed by atoms with E-state index in [1.807, 2.05) is 0 Å². The molecule has 0 aliphatic heterocycles. The van der Waals surface area contributed by atoms with Crippen molar-refractivity contribution < 1.29 is 8.78 Å². The lowest BCUT2D eigenvalue weighted by molar-refractivity contribution is 0.150. The van der Waals surface area contributed by atoms with Gasteiger partial charge in [0.05, 0.1) is 0 Å². The molecule has 0 atom stereocenters. The van der Waals surface area contributed by atoms with Crippen LogP contribution < -0.4 is 5.73 Å². The van der Waals surface area contributed by atoms with Crippen LogP contribution in [0.1, 0.15) is 17.6 Å². The second-order valence-electron chi connectivity index (χ2n) is 2.35. The van der Waals surface area contributed by atoms with Gasteiger partial charge < -0.3 is 5.73 Å². The van der Waals surface area contributed by atoms with E-state index in [0.717, 1.165) is 4.47 Å². The highest BCUT2D eigenvalue weighted by atomic mass is 79.9. The monoisotopic (exact) mass is 235 g/mol. The largest absolute Gasteiger partial charge is 0.326 e. The zero-order chi connectivity index (χ0) is 9.14. The topological polar surface area (TPSA) is 26.0 Å². The van der Waals surface area contributed by atoms with E-state index in [2.05, 4.69) is 15.9 Å². The van der Waals surface area contributed by atoms with Crippen LogP contribution in [0.2, 0.25) is 0 Å². The van der Waals surface area contributed by atoms with Gasteiger partial charge in [-0.3, -0.25) is 0 Å². The van der Waals surface area contributed by atoms with Gasteiger partial charge in [0.1, 0.15) is 0 Å². The maximum absolute atomic E-state index is 12.3. The lowest BCUT2D eigenvalue weighted by Crippen LogP contribution is -2.01. The predicted octanol–water partition coefficient (Wildman–Crippen LogP) is 2.85. The normalized spacial score (nSPS) is 10.8. The van der Waals surface area contributed by atoms with Gasteiger partial charge in [-0.05, 0) is 17.7 Å². The summed E-state index contributed by atoms with van der Waals surface area (Å²) in [4.78, 5) is 0. The molecular weight excluding hydrogens is 228 g/mol. The minimum absolute atomic E-state index is 0.0145. The Kier molecular flexibility index (Phi) is 3.17. The molecule has 4 heteroatoms. The molecule has 0 aliphatic rings. The highest BCUT2D eigenvalue weighted by molar-refractivity contribution is 9.10. The quantitative estimate of drug-likeness (QED) is 0.839. The van der Waals surface area contributed by atoms with E-state index < -0.39 is 6.43 Å². The van der Waals surface area contributed by atoms with Crippen molar-refractivity contribution in [3.63, 3.8) is 0 Å². The zero-order valence-electron chi connectivity index (χ0n) is 6.23. The Morgan fingerprint density at radius 3 is 2.58 bits per heavy atom. The first-order valence-corrected chi connectivity index (χ1v) is 4.21. The Morgan fingerprint density at radius 1 is 1.42 bits per heavy atom. The fraction of sp³-hybridized carbons (Fsp3) is 0.250. The van der Waals surface area contributed by atoms with Crippen LogP contribution in [0.4, 0.5) is 8.78 Å². The summed E-state index contributed by atoms with van der Waals surface area (Å²) in [5, 5.41) is 0. The molecular formula is C8H8BrF2N. The summed E-state index contributed by atoms with van der Waals surface area (Å²) in [5.41, 5.74) is 5.80. The lowest BCUT2D eigenvalue weighted by atomic mass is 10.1. The summed E-state index contributed by atoms with van der Waals surface area (Å²) in [5.74, 6) is 0. The van der Waals surface area contributed by atoms with Gasteiger partial charge in [-0.1, -0.05) is 22.0 Å². The second-order valence-corrected chi connectivity index (χ2v) is 3.26. The van der Waals surface area contributed by atoms with Gasteiger partial charge in [0.25, 0.3) is 6.43 Å². The summed E-state index contributed by atoms with van der Waals surface area (Å²) in [6.45, 7) is 0.138. The molecule has 0 spiro atoms. The fourth-order valence-electron chi connectivity index (χ4n) is 0.964. The maximum atomic E-state index is 12.3. The molecule has 0 unspecified atom stereocenters. The Bertz CT molecular complexity index is 276. The van der Waals surface area contributed by atoms with Crippen LogP contribution in [0, 0.1) is 0 Å².